The standard InChI is InChI=1S/C21H29N3O5/c1-6-8-14-13-23(11-12-24(14)20(26)29-21(2,3)4)19-22-17-15(18(25)27-5)9-7-10-16(17)28-19/h7,9-10,14H,6,8,11-13H2,1-5H3. The van der Waals surface area contributed by atoms with Gasteiger partial charge in [0.2, 0.25) is 0 Å². The Hall–Kier alpha value is -2.77. The zero-order valence-corrected chi connectivity index (χ0v) is 17.7. The van der Waals surface area contributed by atoms with Crippen molar-refractivity contribution in [3.63, 3.8) is 0 Å². The van der Waals surface area contributed by atoms with Crippen LogP contribution >= 0.6 is 0 Å². The second-order valence-electron chi connectivity index (χ2n) is 8.20. The Morgan fingerprint density at radius 1 is 1.28 bits per heavy atom. The molecule has 1 aliphatic rings. The maximum atomic E-state index is 12.6. The first kappa shape index (κ1) is 21.0. The van der Waals surface area contributed by atoms with Crippen molar-refractivity contribution < 1.29 is 23.5 Å². The van der Waals surface area contributed by atoms with E-state index in [1.165, 1.54) is 7.11 Å². The van der Waals surface area contributed by atoms with Gasteiger partial charge in [0, 0.05) is 19.6 Å². The van der Waals surface area contributed by atoms with Crippen molar-refractivity contribution in [2.45, 2.75) is 52.2 Å². The number of aromatic nitrogens is 1. The minimum absolute atomic E-state index is 0.00121. The minimum Gasteiger partial charge on any atom is -0.465 e. The third kappa shape index (κ3) is 4.63. The predicted molar refractivity (Wildman–Crippen MR) is 109 cm³/mol. The van der Waals surface area contributed by atoms with Crippen molar-refractivity contribution in [1.29, 1.82) is 0 Å². The number of esters is 1. The van der Waals surface area contributed by atoms with Gasteiger partial charge in [-0.25, -0.2) is 9.59 Å². The summed E-state index contributed by atoms with van der Waals surface area (Å²) < 4.78 is 16.3. The summed E-state index contributed by atoms with van der Waals surface area (Å²) in [5.41, 5.74) is 0.855. The van der Waals surface area contributed by atoms with Crippen LogP contribution in [0.2, 0.25) is 0 Å². The number of rotatable bonds is 4. The van der Waals surface area contributed by atoms with Crippen LogP contribution in [-0.4, -0.2) is 60.3 Å². The Morgan fingerprint density at radius 3 is 2.69 bits per heavy atom. The maximum absolute atomic E-state index is 12.6. The molecule has 3 rings (SSSR count). The molecule has 1 fully saturated rings. The molecule has 0 saturated carbocycles. The molecule has 0 aliphatic carbocycles. The van der Waals surface area contributed by atoms with Crippen LogP contribution in [0.15, 0.2) is 22.6 Å². The maximum Gasteiger partial charge on any atom is 0.410 e. The fourth-order valence-corrected chi connectivity index (χ4v) is 3.52. The van der Waals surface area contributed by atoms with Crippen molar-refractivity contribution in [3.8, 4) is 0 Å². The summed E-state index contributed by atoms with van der Waals surface area (Å²) in [7, 11) is 1.34. The lowest BCUT2D eigenvalue weighted by Gasteiger charge is -2.41. The Balaban J connectivity index is 1.82. The van der Waals surface area contributed by atoms with Crippen molar-refractivity contribution in [2.75, 3.05) is 31.6 Å². The molecule has 0 bridgehead atoms. The second-order valence-corrected chi connectivity index (χ2v) is 8.20. The molecular weight excluding hydrogens is 374 g/mol. The Morgan fingerprint density at radius 2 is 2.03 bits per heavy atom. The van der Waals surface area contributed by atoms with Gasteiger partial charge in [-0.3, -0.25) is 0 Å². The van der Waals surface area contributed by atoms with Gasteiger partial charge in [0.25, 0.3) is 6.01 Å². The summed E-state index contributed by atoms with van der Waals surface area (Å²) in [6.07, 6.45) is 1.50. The van der Waals surface area contributed by atoms with Crippen molar-refractivity contribution in [1.82, 2.24) is 9.88 Å². The van der Waals surface area contributed by atoms with E-state index in [0.29, 0.717) is 42.3 Å². The first-order valence-electron chi connectivity index (χ1n) is 9.96. The van der Waals surface area contributed by atoms with E-state index in [4.69, 9.17) is 13.9 Å². The number of oxazole rings is 1. The summed E-state index contributed by atoms with van der Waals surface area (Å²) >= 11 is 0. The van der Waals surface area contributed by atoms with Crippen LogP contribution in [0.3, 0.4) is 0 Å². The quantitative estimate of drug-likeness (QED) is 0.717. The molecule has 1 aliphatic heterocycles. The average molecular weight is 403 g/mol. The van der Waals surface area contributed by atoms with E-state index in [2.05, 4.69) is 11.9 Å². The van der Waals surface area contributed by atoms with Crippen LogP contribution in [0.25, 0.3) is 11.1 Å². The van der Waals surface area contributed by atoms with Gasteiger partial charge >= 0.3 is 12.1 Å². The van der Waals surface area contributed by atoms with Crippen LogP contribution < -0.4 is 4.90 Å². The third-order valence-corrected chi connectivity index (χ3v) is 4.82. The van der Waals surface area contributed by atoms with E-state index in [0.717, 1.165) is 12.8 Å². The van der Waals surface area contributed by atoms with Gasteiger partial charge in [0.15, 0.2) is 5.58 Å². The zero-order chi connectivity index (χ0) is 21.2. The predicted octanol–water partition coefficient (Wildman–Crippen LogP) is 3.84. The highest BCUT2D eigenvalue weighted by Crippen LogP contribution is 2.28. The summed E-state index contributed by atoms with van der Waals surface area (Å²) in [5.74, 6) is -0.450. The first-order chi connectivity index (χ1) is 13.7. The van der Waals surface area contributed by atoms with E-state index in [-0.39, 0.29) is 12.1 Å². The number of ether oxygens (including phenoxy) is 2. The molecule has 8 nitrogen and oxygen atoms in total. The van der Waals surface area contributed by atoms with Crippen molar-refractivity contribution in [3.05, 3.63) is 23.8 Å². The number of para-hydroxylation sites is 1. The zero-order valence-electron chi connectivity index (χ0n) is 17.7. The van der Waals surface area contributed by atoms with Gasteiger partial charge in [-0.05, 0) is 39.3 Å². The topological polar surface area (TPSA) is 85.1 Å². The summed E-state index contributed by atoms with van der Waals surface area (Å²) in [4.78, 5) is 33.0. The Bertz CT molecular complexity index is 886. The molecule has 158 valence electrons. The minimum atomic E-state index is -0.532. The first-order valence-corrected chi connectivity index (χ1v) is 9.96. The number of nitrogens with zero attached hydrogens (tertiary/aromatic N) is 3. The molecular formula is C21H29N3O5. The van der Waals surface area contributed by atoms with E-state index in [1.807, 2.05) is 25.7 Å². The third-order valence-electron chi connectivity index (χ3n) is 4.82. The highest BCUT2D eigenvalue weighted by atomic mass is 16.6. The fraction of sp³-hybridized carbons (Fsp3) is 0.571. The molecule has 29 heavy (non-hydrogen) atoms. The lowest BCUT2D eigenvalue weighted by atomic mass is 10.1. The molecule has 0 radical (unpaired) electrons. The molecule has 0 spiro atoms. The van der Waals surface area contributed by atoms with E-state index in [1.54, 1.807) is 23.1 Å². The van der Waals surface area contributed by atoms with Gasteiger partial charge < -0.3 is 23.7 Å². The molecule has 2 heterocycles. The summed E-state index contributed by atoms with van der Waals surface area (Å²) in [6.45, 7) is 9.37. The van der Waals surface area contributed by atoms with E-state index < -0.39 is 11.6 Å². The number of carbonyl (C=O) groups excluding carboxylic acids is 2. The van der Waals surface area contributed by atoms with Crippen molar-refractivity contribution >= 4 is 29.2 Å². The highest BCUT2D eigenvalue weighted by Gasteiger charge is 2.34. The molecule has 0 N–H and O–H groups in total. The monoisotopic (exact) mass is 403 g/mol. The van der Waals surface area contributed by atoms with Gasteiger partial charge in [-0.1, -0.05) is 19.4 Å². The molecule has 1 amide bonds. The van der Waals surface area contributed by atoms with Crippen LogP contribution in [0.1, 0.15) is 50.9 Å². The fourth-order valence-electron chi connectivity index (χ4n) is 3.52. The number of hydrogen-bond donors (Lipinski definition) is 0. The largest absolute Gasteiger partial charge is 0.465 e. The van der Waals surface area contributed by atoms with E-state index in [9.17, 15) is 9.59 Å². The number of hydrogen-bond acceptors (Lipinski definition) is 7. The second kappa shape index (κ2) is 8.31. The van der Waals surface area contributed by atoms with Crippen molar-refractivity contribution in [2.24, 2.45) is 0 Å². The van der Waals surface area contributed by atoms with Crippen LogP contribution in [-0.2, 0) is 9.47 Å². The van der Waals surface area contributed by atoms with Gasteiger partial charge in [-0.15, -0.1) is 0 Å². The van der Waals surface area contributed by atoms with Crippen LogP contribution in [0, 0.1) is 0 Å². The lowest BCUT2D eigenvalue weighted by molar-refractivity contribution is 0.0128. The van der Waals surface area contributed by atoms with Gasteiger partial charge in [0.05, 0.1) is 18.7 Å². The molecule has 1 atom stereocenters. The Labute approximate surface area is 170 Å². The molecule has 1 saturated heterocycles. The number of anilines is 1. The SMILES string of the molecule is CCCC1CN(c2nc3c(C(=O)OC)cccc3o2)CCN1C(=O)OC(C)(C)C. The van der Waals surface area contributed by atoms with E-state index >= 15 is 0 Å². The smallest absolute Gasteiger partial charge is 0.410 e. The summed E-state index contributed by atoms with van der Waals surface area (Å²) in [6, 6.07) is 5.63. The molecule has 1 aromatic carbocycles. The number of piperazine rings is 1. The number of fused-ring (bicyclic) bond motifs is 1. The van der Waals surface area contributed by atoms with Gasteiger partial charge in [-0.2, -0.15) is 4.98 Å². The normalized spacial score (nSPS) is 17.5. The summed E-state index contributed by atoms with van der Waals surface area (Å²) in [5, 5.41) is 0. The lowest BCUT2D eigenvalue weighted by Crippen LogP contribution is -2.56. The molecule has 1 aromatic heterocycles. The number of benzene rings is 1. The van der Waals surface area contributed by atoms with Crippen LogP contribution in [0.4, 0.5) is 10.8 Å². The number of amides is 1. The molecule has 1 unspecified atom stereocenters. The van der Waals surface area contributed by atoms with Crippen LogP contribution in [0.5, 0.6) is 0 Å². The van der Waals surface area contributed by atoms with Gasteiger partial charge in [0.1, 0.15) is 11.1 Å². The Kier molecular flexibility index (Phi) is 6.00. The average Bonchev–Trinajstić information content (AvgIpc) is 3.10. The molecule has 8 heteroatoms. The molecule has 2 aromatic rings. The number of methoxy groups -OCH3 is 1. The highest BCUT2D eigenvalue weighted by molar-refractivity contribution is 6.01. The number of carbonyl (C=O) groups is 2.